The zero-order valence-electron chi connectivity index (χ0n) is 13.5. The maximum absolute atomic E-state index is 12.0. The second kappa shape index (κ2) is 9.35. The monoisotopic (exact) mass is 283 g/mol. The highest BCUT2D eigenvalue weighted by Gasteiger charge is 2.28. The SMILES string of the molecule is CCCC(N)C(=O)NCC(C(CC)CC)N1CCCC1. The normalized spacial score (nSPS) is 19.2. The van der Waals surface area contributed by atoms with Gasteiger partial charge in [0.15, 0.2) is 0 Å². The van der Waals surface area contributed by atoms with Crippen molar-refractivity contribution in [3.8, 4) is 0 Å². The van der Waals surface area contributed by atoms with Crippen molar-refractivity contribution in [2.75, 3.05) is 19.6 Å². The van der Waals surface area contributed by atoms with Crippen LogP contribution in [0.1, 0.15) is 59.3 Å². The van der Waals surface area contributed by atoms with Gasteiger partial charge >= 0.3 is 0 Å². The van der Waals surface area contributed by atoms with Crippen LogP contribution in [0.3, 0.4) is 0 Å². The van der Waals surface area contributed by atoms with E-state index >= 15 is 0 Å². The summed E-state index contributed by atoms with van der Waals surface area (Å²) in [6.45, 7) is 9.67. The summed E-state index contributed by atoms with van der Waals surface area (Å²) in [5, 5.41) is 3.09. The summed E-state index contributed by atoms with van der Waals surface area (Å²) in [4.78, 5) is 14.6. The lowest BCUT2D eigenvalue weighted by Crippen LogP contribution is -2.50. The molecule has 118 valence electrons. The first-order chi connectivity index (χ1) is 9.63. The highest BCUT2D eigenvalue weighted by Crippen LogP contribution is 2.22. The van der Waals surface area contributed by atoms with E-state index < -0.39 is 0 Å². The fourth-order valence-corrected chi connectivity index (χ4v) is 3.28. The Morgan fingerprint density at radius 3 is 2.30 bits per heavy atom. The van der Waals surface area contributed by atoms with E-state index in [1.54, 1.807) is 0 Å². The minimum absolute atomic E-state index is 0.0157. The molecule has 1 saturated heterocycles. The van der Waals surface area contributed by atoms with E-state index in [0.717, 1.165) is 19.4 Å². The number of nitrogens with two attached hydrogens (primary N) is 1. The number of hydrogen-bond acceptors (Lipinski definition) is 3. The molecule has 3 N–H and O–H groups in total. The van der Waals surface area contributed by atoms with E-state index in [-0.39, 0.29) is 11.9 Å². The second-order valence-corrected chi connectivity index (χ2v) is 6.03. The van der Waals surface area contributed by atoms with Crippen molar-refractivity contribution in [1.29, 1.82) is 0 Å². The van der Waals surface area contributed by atoms with E-state index in [2.05, 4.69) is 31.0 Å². The number of carbonyl (C=O) groups excluding carboxylic acids is 1. The minimum atomic E-state index is -0.346. The van der Waals surface area contributed by atoms with Crippen LogP contribution >= 0.6 is 0 Å². The zero-order valence-corrected chi connectivity index (χ0v) is 13.5. The molecule has 1 heterocycles. The Labute approximate surface area is 124 Å². The van der Waals surface area contributed by atoms with Crippen molar-refractivity contribution in [1.82, 2.24) is 10.2 Å². The fraction of sp³-hybridized carbons (Fsp3) is 0.938. The van der Waals surface area contributed by atoms with Gasteiger partial charge < -0.3 is 11.1 Å². The van der Waals surface area contributed by atoms with E-state index in [1.807, 2.05) is 0 Å². The number of hydrogen-bond donors (Lipinski definition) is 2. The molecule has 0 radical (unpaired) electrons. The largest absolute Gasteiger partial charge is 0.353 e. The molecule has 0 saturated carbocycles. The maximum Gasteiger partial charge on any atom is 0.236 e. The van der Waals surface area contributed by atoms with Gasteiger partial charge in [-0.1, -0.05) is 40.0 Å². The van der Waals surface area contributed by atoms with Crippen LogP contribution in [-0.4, -0.2) is 42.5 Å². The summed E-state index contributed by atoms with van der Waals surface area (Å²) >= 11 is 0. The van der Waals surface area contributed by atoms with Crippen LogP contribution in [0.4, 0.5) is 0 Å². The third-order valence-electron chi connectivity index (χ3n) is 4.62. The van der Waals surface area contributed by atoms with Crippen LogP contribution in [-0.2, 0) is 4.79 Å². The molecule has 0 aromatic heterocycles. The van der Waals surface area contributed by atoms with Crippen LogP contribution in [0.25, 0.3) is 0 Å². The Kier molecular flexibility index (Phi) is 8.15. The standard InChI is InChI=1S/C16H33N3O/c1-4-9-14(17)16(20)18-12-15(13(5-2)6-3)19-10-7-8-11-19/h13-15H,4-12,17H2,1-3H3,(H,18,20). The van der Waals surface area contributed by atoms with Crippen molar-refractivity contribution < 1.29 is 4.79 Å². The predicted molar refractivity (Wildman–Crippen MR) is 84.6 cm³/mol. The van der Waals surface area contributed by atoms with E-state index in [4.69, 9.17) is 5.73 Å². The summed E-state index contributed by atoms with van der Waals surface area (Å²) in [7, 11) is 0. The lowest BCUT2D eigenvalue weighted by atomic mass is 9.92. The summed E-state index contributed by atoms with van der Waals surface area (Å²) in [5.41, 5.74) is 5.88. The summed E-state index contributed by atoms with van der Waals surface area (Å²) in [6.07, 6.45) is 6.66. The molecule has 20 heavy (non-hydrogen) atoms. The molecule has 0 bridgehead atoms. The first-order valence-corrected chi connectivity index (χ1v) is 8.41. The van der Waals surface area contributed by atoms with Crippen LogP contribution < -0.4 is 11.1 Å². The molecule has 0 aliphatic carbocycles. The van der Waals surface area contributed by atoms with Crippen LogP contribution in [0.5, 0.6) is 0 Å². The zero-order chi connectivity index (χ0) is 15.0. The molecule has 0 spiro atoms. The van der Waals surface area contributed by atoms with Crippen LogP contribution in [0.2, 0.25) is 0 Å². The Hall–Kier alpha value is -0.610. The number of amides is 1. The van der Waals surface area contributed by atoms with Crippen molar-refractivity contribution >= 4 is 5.91 Å². The Bertz CT molecular complexity index is 271. The summed E-state index contributed by atoms with van der Waals surface area (Å²) < 4.78 is 0. The molecule has 0 aromatic carbocycles. The maximum atomic E-state index is 12.0. The van der Waals surface area contributed by atoms with E-state index in [0.29, 0.717) is 12.0 Å². The van der Waals surface area contributed by atoms with Crippen molar-refractivity contribution in [2.45, 2.75) is 71.4 Å². The number of rotatable bonds is 9. The number of nitrogens with zero attached hydrogens (tertiary/aromatic N) is 1. The van der Waals surface area contributed by atoms with E-state index in [1.165, 1.54) is 38.8 Å². The van der Waals surface area contributed by atoms with Gasteiger partial charge in [0.2, 0.25) is 5.91 Å². The molecule has 1 amide bonds. The molecular weight excluding hydrogens is 250 g/mol. The van der Waals surface area contributed by atoms with Crippen molar-refractivity contribution in [2.24, 2.45) is 11.7 Å². The first kappa shape index (κ1) is 17.4. The van der Waals surface area contributed by atoms with Gasteiger partial charge in [0.25, 0.3) is 0 Å². The average molecular weight is 283 g/mol. The molecule has 4 heteroatoms. The van der Waals surface area contributed by atoms with Gasteiger partial charge in [-0.15, -0.1) is 0 Å². The van der Waals surface area contributed by atoms with Gasteiger partial charge in [0.1, 0.15) is 0 Å². The fourth-order valence-electron chi connectivity index (χ4n) is 3.28. The Morgan fingerprint density at radius 1 is 1.20 bits per heavy atom. The van der Waals surface area contributed by atoms with Gasteiger partial charge in [-0.05, 0) is 38.3 Å². The van der Waals surface area contributed by atoms with Gasteiger partial charge in [-0.2, -0.15) is 0 Å². The van der Waals surface area contributed by atoms with Gasteiger partial charge in [0, 0.05) is 12.6 Å². The van der Waals surface area contributed by atoms with E-state index in [9.17, 15) is 4.79 Å². The Morgan fingerprint density at radius 2 is 1.80 bits per heavy atom. The lowest BCUT2D eigenvalue weighted by molar-refractivity contribution is -0.122. The van der Waals surface area contributed by atoms with Crippen molar-refractivity contribution in [3.05, 3.63) is 0 Å². The molecule has 1 aliphatic heterocycles. The highest BCUT2D eigenvalue weighted by molar-refractivity contribution is 5.81. The molecule has 1 rings (SSSR count). The van der Waals surface area contributed by atoms with Gasteiger partial charge in [-0.25, -0.2) is 0 Å². The predicted octanol–water partition coefficient (Wildman–Crippen LogP) is 2.13. The molecular formula is C16H33N3O. The molecule has 2 unspecified atom stereocenters. The highest BCUT2D eigenvalue weighted by atomic mass is 16.2. The Balaban J connectivity index is 2.53. The number of nitrogens with one attached hydrogen (secondary N) is 1. The molecule has 0 aromatic rings. The van der Waals surface area contributed by atoms with Crippen LogP contribution in [0.15, 0.2) is 0 Å². The summed E-state index contributed by atoms with van der Waals surface area (Å²) in [5.74, 6) is 0.679. The summed E-state index contributed by atoms with van der Waals surface area (Å²) in [6, 6.07) is 0.131. The van der Waals surface area contributed by atoms with Crippen molar-refractivity contribution in [3.63, 3.8) is 0 Å². The van der Waals surface area contributed by atoms with Crippen LogP contribution in [0, 0.1) is 5.92 Å². The first-order valence-electron chi connectivity index (χ1n) is 8.41. The van der Waals surface area contributed by atoms with Gasteiger partial charge in [-0.3, -0.25) is 9.69 Å². The third-order valence-corrected chi connectivity index (χ3v) is 4.62. The topological polar surface area (TPSA) is 58.4 Å². The number of likely N-dealkylation sites (tertiary alicyclic amines) is 1. The molecule has 2 atom stereocenters. The smallest absolute Gasteiger partial charge is 0.236 e. The molecule has 1 aliphatic rings. The molecule has 4 nitrogen and oxygen atoms in total. The minimum Gasteiger partial charge on any atom is -0.353 e. The third kappa shape index (κ3) is 5.06. The lowest BCUT2D eigenvalue weighted by Gasteiger charge is -2.34. The quantitative estimate of drug-likeness (QED) is 0.681. The second-order valence-electron chi connectivity index (χ2n) is 6.03. The van der Waals surface area contributed by atoms with Gasteiger partial charge in [0.05, 0.1) is 6.04 Å². The number of carbonyl (C=O) groups is 1. The molecule has 1 fully saturated rings. The average Bonchev–Trinajstić information content (AvgIpc) is 2.97.